The highest BCUT2D eigenvalue weighted by Gasteiger charge is 2.16. The van der Waals surface area contributed by atoms with Crippen LogP contribution in [0.5, 0.6) is 0 Å². The van der Waals surface area contributed by atoms with Crippen molar-refractivity contribution in [2.24, 2.45) is 5.73 Å². The number of anilines is 1. The lowest BCUT2D eigenvalue weighted by molar-refractivity contribution is -0.125. The van der Waals surface area contributed by atoms with E-state index in [2.05, 4.69) is 10.6 Å². The number of aryl methyl sites for hydroxylation is 2. The van der Waals surface area contributed by atoms with Gasteiger partial charge in [-0.1, -0.05) is 48.9 Å². The Morgan fingerprint density at radius 1 is 1.12 bits per heavy atom. The Hall–Kier alpha value is -2.66. The molecule has 24 heavy (non-hydrogen) atoms. The van der Waals surface area contributed by atoms with Crippen LogP contribution in [-0.4, -0.2) is 18.4 Å². The second-order valence-corrected chi connectivity index (χ2v) is 5.71. The van der Waals surface area contributed by atoms with E-state index >= 15 is 0 Å². The highest BCUT2D eigenvalue weighted by molar-refractivity contribution is 5.95. The highest BCUT2D eigenvalue weighted by Crippen LogP contribution is 2.12. The number of benzene rings is 2. The summed E-state index contributed by atoms with van der Waals surface area (Å²) in [5, 5.41) is 5.33. The number of nitrogens with one attached hydrogen (secondary N) is 2. The summed E-state index contributed by atoms with van der Waals surface area (Å²) in [6, 6.07) is 14.3. The minimum absolute atomic E-state index is 0.116. The van der Waals surface area contributed by atoms with Crippen molar-refractivity contribution in [2.75, 3.05) is 11.9 Å². The standard InChI is InChI=1S/C19H23N3O2/c1-3-14-5-4-6-16(11-14)22-17(23)12-21-19(24)18(20)15-9-7-13(2)8-10-15/h4-11,18H,3,12,20H2,1-2H3,(H,21,24)(H,22,23). The molecule has 2 rings (SSSR count). The summed E-state index contributed by atoms with van der Waals surface area (Å²) in [6.07, 6.45) is 0.895. The molecule has 0 bridgehead atoms. The van der Waals surface area contributed by atoms with E-state index in [0.29, 0.717) is 5.56 Å². The number of carbonyl (C=O) groups is 2. The summed E-state index contributed by atoms with van der Waals surface area (Å²) in [5.74, 6) is -0.663. The average molecular weight is 325 g/mol. The lowest BCUT2D eigenvalue weighted by Gasteiger charge is -2.13. The van der Waals surface area contributed by atoms with Crippen LogP contribution in [0.15, 0.2) is 48.5 Å². The smallest absolute Gasteiger partial charge is 0.243 e. The fourth-order valence-corrected chi connectivity index (χ4v) is 2.28. The fraction of sp³-hybridized carbons (Fsp3) is 0.263. The first-order valence-electron chi connectivity index (χ1n) is 7.98. The van der Waals surface area contributed by atoms with E-state index in [4.69, 9.17) is 5.73 Å². The third-order valence-electron chi connectivity index (χ3n) is 3.76. The first-order valence-corrected chi connectivity index (χ1v) is 7.98. The SMILES string of the molecule is CCc1cccc(NC(=O)CNC(=O)C(N)c2ccc(C)cc2)c1. The van der Waals surface area contributed by atoms with Crippen molar-refractivity contribution in [3.63, 3.8) is 0 Å². The second-order valence-electron chi connectivity index (χ2n) is 5.71. The molecule has 4 N–H and O–H groups in total. The monoisotopic (exact) mass is 325 g/mol. The molecule has 2 aromatic rings. The van der Waals surface area contributed by atoms with Crippen LogP contribution in [0.3, 0.4) is 0 Å². The fourth-order valence-electron chi connectivity index (χ4n) is 2.28. The number of rotatable bonds is 6. The van der Waals surface area contributed by atoms with Crippen LogP contribution in [0.1, 0.15) is 29.7 Å². The van der Waals surface area contributed by atoms with Gasteiger partial charge in [-0.25, -0.2) is 0 Å². The van der Waals surface area contributed by atoms with Crippen LogP contribution >= 0.6 is 0 Å². The summed E-state index contributed by atoms with van der Waals surface area (Å²) in [5.41, 5.74) is 9.59. The van der Waals surface area contributed by atoms with Crippen LogP contribution in [0.25, 0.3) is 0 Å². The molecule has 0 saturated heterocycles. The lowest BCUT2D eigenvalue weighted by Crippen LogP contribution is -2.38. The van der Waals surface area contributed by atoms with Gasteiger partial charge >= 0.3 is 0 Å². The lowest BCUT2D eigenvalue weighted by atomic mass is 10.1. The molecule has 5 nitrogen and oxygen atoms in total. The number of hydrogen-bond donors (Lipinski definition) is 3. The van der Waals surface area contributed by atoms with Gasteiger partial charge in [-0.2, -0.15) is 0 Å². The average Bonchev–Trinajstić information content (AvgIpc) is 2.60. The largest absolute Gasteiger partial charge is 0.345 e. The molecule has 0 saturated carbocycles. The van der Waals surface area contributed by atoms with Crippen molar-refractivity contribution >= 4 is 17.5 Å². The molecule has 0 heterocycles. The van der Waals surface area contributed by atoms with Crippen LogP contribution < -0.4 is 16.4 Å². The van der Waals surface area contributed by atoms with Crippen LogP contribution in [0.4, 0.5) is 5.69 Å². The molecule has 0 spiro atoms. The van der Waals surface area contributed by atoms with Crippen molar-refractivity contribution in [1.82, 2.24) is 5.32 Å². The highest BCUT2D eigenvalue weighted by atomic mass is 16.2. The quantitative estimate of drug-likeness (QED) is 0.762. The van der Waals surface area contributed by atoms with E-state index in [1.807, 2.05) is 62.4 Å². The summed E-state index contributed by atoms with van der Waals surface area (Å²) < 4.78 is 0. The number of carbonyl (C=O) groups excluding carboxylic acids is 2. The van der Waals surface area contributed by atoms with Crippen LogP contribution in [-0.2, 0) is 16.0 Å². The van der Waals surface area contributed by atoms with Gasteiger partial charge in [0.15, 0.2) is 0 Å². The van der Waals surface area contributed by atoms with Crippen molar-refractivity contribution in [3.8, 4) is 0 Å². The predicted octanol–water partition coefficient (Wildman–Crippen LogP) is 2.31. The number of hydrogen-bond acceptors (Lipinski definition) is 3. The Kier molecular flexibility index (Phi) is 6.09. The van der Waals surface area contributed by atoms with E-state index in [9.17, 15) is 9.59 Å². The van der Waals surface area contributed by atoms with E-state index in [1.165, 1.54) is 0 Å². The van der Waals surface area contributed by atoms with Gasteiger partial charge in [0.2, 0.25) is 11.8 Å². The van der Waals surface area contributed by atoms with Crippen molar-refractivity contribution in [2.45, 2.75) is 26.3 Å². The molecule has 1 atom stereocenters. The third-order valence-corrected chi connectivity index (χ3v) is 3.76. The predicted molar refractivity (Wildman–Crippen MR) is 95.6 cm³/mol. The van der Waals surface area contributed by atoms with Gasteiger partial charge in [-0.3, -0.25) is 9.59 Å². The molecule has 126 valence electrons. The number of nitrogens with two attached hydrogens (primary N) is 1. The summed E-state index contributed by atoms with van der Waals surface area (Å²) in [6.45, 7) is 3.90. The first kappa shape index (κ1) is 17.7. The zero-order chi connectivity index (χ0) is 17.5. The molecule has 0 aliphatic heterocycles. The van der Waals surface area contributed by atoms with E-state index in [-0.39, 0.29) is 18.4 Å². The van der Waals surface area contributed by atoms with Crippen LogP contribution in [0.2, 0.25) is 0 Å². The Bertz CT molecular complexity index is 711. The molecule has 0 radical (unpaired) electrons. The molecule has 0 aromatic heterocycles. The molecule has 0 aliphatic carbocycles. The summed E-state index contributed by atoms with van der Waals surface area (Å²) in [4.78, 5) is 24.0. The molecule has 2 aromatic carbocycles. The van der Waals surface area contributed by atoms with Crippen molar-refractivity contribution in [1.29, 1.82) is 0 Å². The molecular formula is C19H23N3O2. The van der Waals surface area contributed by atoms with E-state index in [0.717, 1.165) is 23.2 Å². The maximum absolute atomic E-state index is 12.1. The molecule has 1 unspecified atom stereocenters. The minimum atomic E-state index is -0.790. The van der Waals surface area contributed by atoms with Gasteiger partial charge in [-0.15, -0.1) is 0 Å². The van der Waals surface area contributed by atoms with E-state index < -0.39 is 6.04 Å². The first-order chi connectivity index (χ1) is 11.5. The zero-order valence-corrected chi connectivity index (χ0v) is 14.0. The Labute approximate surface area is 142 Å². The van der Waals surface area contributed by atoms with Gasteiger partial charge in [0.1, 0.15) is 6.04 Å². The zero-order valence-electron chi connectivity index (χ0n) is 14.0. The second kappa shape index (κ2) is 8.26. The number of amides is 2. The minimum Gasteiger partial charge on any atom is -0.345 e. The normalized spacial score (nSPS) is 11.6. The Morgan fingerprint density at radius 2 is 1.83 bits per heavy atom. The van der Waals surface area contributed by atoms with E-state index in [1.54, 1.807) is 0 Å². The molecular weight excluding hydrogens is 302 g/mol. The van der Waals surface area contributed by atoms with Gasteiger partial charge < -0.3 is 16.4 Å². The Morgan fingerprint density at radius 3 is 2.50 bits per heavy atom. The van der Waals surface area contributed by atoms with Crippen LogP contribution in [0, 0.1) is 6.92 Å². The van der Waals surface area contributed by atoms with Gasteiger partial charge in [0.25, 0.3) is 0 Å². The van der Waals surface area contributed by atoms with Gasteiger partial charge in [-0.05, 0) is 36.6 Å². The molecule has 5 heteroatoms. The molecule has 0 aliphatic rings. The van der Waals surface area contributed by atoms with Crippen molar-refractivity contribution in [3.05, 3.63) is 65.2 Å². The summed E-state index contributed by atoms with van der Waals surface area (Å²) in [7, 11) is 0. The summed E-state index contributed by atoms with van der Waals surface area (Å²) >= 11 is 0. The van der Waals surface area contributed by atoms with Crippen molar-refractivity contribution < 1.29 is 9.59 Å². The molecule has 2 amide bonds. The van der Waals surface area contributed by atoms with Gasteiger partial charge in [0, 0.05) is 5.69 Å². The van der Waals surface area contributed by atoms with Gasteiger partial charge in [0.05, 0.1) is 6.54 Å². The third kappa shape index (κ3) is 4.93. The molecule has 0 fully saturated rings. The topological polar surface area (TPSA) is 84.2 Å². The maximum Gasteiger partial charge on any atom is 0.243 e. The Balaban J connectivity index is 1.86. The maximum atomic E-state index is 12.1.